The Bertz CT molecular complexity index is 875. The van der Waals surface area contributed by atoms with Gasteiger partial charge in [0.1, 0.15) is 5.75 Å². The van der Waals surface area contributed by atoms with Crippen LogP contribution >= 0.6 is 0 Å². The highest BCUT2D eigenvalue weighted by Gasteiger charge is 2.40. The van der Waals surface area contributed by atoms with Crippen molar-refractivity contribution in [2.45, 2.75) is 25.4 Å². The lowest BCUT2D eigenvalue weighted by molar-refractivity contribution is 0.117. The smallest absolute Gasteiger partial charge is 0.119 e. The Balaban J connectivity index is 1.84. The molecule has 0 saturated carbocycles. The second kappa shape index (κ2) is 6.97. The molecular weight excluding hydrogens is 318 g/mol. The van der Waals surface area contributed by atoms with Crippen molar-refractivity contribution in [1.29, 1.82) is 0 Å². The molecule has 1 aliphatic rings. The van der Waals surface area contributed by atoms with Crippen molar-refractivity contribution in [2.24, 2.45) is 0 Å². The van der Waals surface area contributed by atoms with E-state index in [0.717, 1.165) is 25.3 Å². The summed E-state index contributed by atoms with van der Waals surface area (Å²) in [4.78, 5) is 2.60. The maximum absolute atomic E-state index is 5.54. The molecule has 0 aliphatic carbocycles. The van der Waals surface area contributed by atoms with E-state index in [4.69, 9.17) is 4.74 Å². The van der Waals surface area contributed by atoms with Gasteiger partial charge in [-0.2, -0.15) is 0 Å². The summed E-state index contributed by atoms with van der Waals surface area (Å²) >= 11 is 0. The molecule has 1 unspecified atom stereocenters. The summed E-state index contributed by atoms with van der Waals surface area (Å²) in [5.41, 5.74) is 5.26. The van der Waals surface area contributed by atoms with Crippen molar-refractivity contribution in [3.05, 3.63) is 101 Å². The largest absolute Gasteiger partial charge is 0.497 e. The quantitative estimate of drug-likeness (QED) is 0.660. The zero-order valence-electron chi connectivity index (χ0n) is 15.5. The van der Waals surface area contributed by atoms with E-state index in [-0.39, 0.29) is 5.54 Å². The van der Waals surface area contributed by atoms with Crippen LogP contribution in [0.5, 0.6) is 5.75 Å². The lowest BCUT2D eigenvalue weighted by Gasteiger charge is -2.47. The molecule has 26 heavy (non-hydrogen) atoms. The molecule has 0 radical (unpaired) electrons. The van der Waals surface area contributed by atoms with Crippen LogP contribution in [0.3, 0.4) is 0 Å². The van der Waals surface area contributed by atoms with Gasteiger partial charge in [-0.1, -0.05) is 66.7 Å². The summed E-state index contributed by atoms with van der Waals surface area (Å²) in [5.74, 6) is 0.924. The molecular formula is C24H25NO. The van der Waals surface area contributed by atoms with Gasteiger partial charge in [-0.3, -0.25) is 4.90 Å². The molecule has 2 heteroatoms. The summed E-state index contributed by atoms with van der Waals surface area (Å²) in [5, 5.41) is 0. The van der Waals surface area contributed by atoms with Gasteiger partial charge in [-0.05, 0) is 47.7 Å². The number of ether oxygens (including phenoxy) is 1. The van der Waals surface area contributed by atoms with E-state index >= 15 is 0 Å². The molecule has 0 fully saturated rings. The molecule has 0 spiro atoms. The van der Waals surface area contributed by atoms with Crippen molar-refractivity contribution in [1.82, 2.24) is 4.90 Å². The first kappa shape index (κ1) is 16.9. The molecule has 2 nitrogen and oxygen atoms in total. The van der Waals surface area contributed by atoms with Crippen molar-refractivity contribution in [2.75, 3.05) is 13.7 Å². The van der Waals surface area contributed by atoms with E-state index in [0.29, 0.717) is 0 Å². The number of hydrogen-bond donors (Lipinski definition) is 0. The second-order valence-electron chi connectivity index (χ2n) is 7.12. The fraction of sp³-hybridized carbons (Fsp3) is 0.250. The van der Waals surface area contributed by atoms with Crippen LogP contribution in [0.4, 0.5) is 0 Å². The molecule has 0 N–H and O–H groups in total. The predicted octanol–water partition coefficient (Wildman–Crippen LogP) is 5.02. The van der Waals surface area contributed by atoms with Crippen LogP contribution in [0.15, 0.2) is 78.9 Å². The number of nitrogens with zero attached hydrogens (tertiary/aromatic N) is 1. The first-order valence-electron chi connectivity index (χ1n) is 9.23. The second-order valence-corrected chi connectivity index (χ2v) is 7.12. The summed E-state index contributed by atoms with van der Waals surface area (Å²) in [6.45, 7) is 4.32. The van der Waals surface area contributed by atoms with Crippen LogP contribution in [0.2, 0.25) is 0 Å². The number of hydrogen-bond acceptors (Lipinski definition) is 2. The monoisotopic (exact) mass is 343 g/mol. The van der Waals surface area contributed by atoms with Gasteiger partial charge in [0.2, 0.25) is 0 Å². The third-order valence-electron chi connectivity index (χ3n) is 5.68. The maximum atomic E-state index is 5.54. The Kier molecular flexibility index (Phi) is 4.52. The number of rotatable bonds is 4. The Hall–Kier alpha value is -2.58. The van der Waals surface area contributed by atoms with Gasteiger partial charge in [-0.25, -0.2) is 0 Å². The minimum absolute atomic E-state index is 0.181. The third kappa shape index (κ3) is 2.91. The van der Waals surface area contributed by atoms with E-state index in [9.17, 15) is 0 Å². The topological polar surface area (TPSA) is 12.5 Å². The van der Waals surface area contributed by atoms with Crippen LogP contribution in [-0.4, -0.2) is 18.6 Å². The van der Waals surface area contributed by atoms with Crippen molar-refractivity contribution >= 4 is 0 Å². The summed E-state index contributed by atoms with van der Waals surface area (Å²) in [7, 11) is 1.74. The molecule has 132 valence electrons. The van der Waals surface area contributed by atoms with Crippen molar-refractivity contribution < 1.29 is 4.74 Å². The molecule has 3 aromatic carbocycles. The molecule has 1 aliphatic heterocycles. The van der Waals surface area contributed by atoms with E-state index in [1.54, 1.807) is 7.11 Å². The number of methoxy groups -OCH3 is 1. The summed E-state index contributed by atoms with van der Waals surface area (Å²) in [6, 6.07) is 28.1. The standard InChI is InChI=1S/C24H25NO/c1-24(21-11-7-4-8-12-21)23-17-22(26-2)14-13-20(23)15-16-25(24)18-19-9-5-3-6-10-19/h3-14,17H,15-16,18H2,1-2H3. The Morgan fingerprint density at radius 1 is 0.923 bits per heavy atom. The van der Waals surface area contributed by atoms with Gasteiger partial charge >= 0.3 is 0 Å². The van der Waals surface area contributed by atoms with Crippen molar-refractivity contribution in [3.8, 4) is 5.75 Å². The van der Waals surface area contributed by atoms with E-state index in [1.807, 2.05) is 0 Å². The van der Waals surface area contributed by atoms with E-state index in [1.165, 1.54) is 22.3 Å². The van der Waals surface area contributed by atoms with Crippen LogP contribution in [0.25, 0.3) is 0 Å². The zero-order chi connectivity index (χ0) is 18.0. The molecule has 4 rings (SSSR count). The first-order chi connectivity index (χ1) is 12.7. The average Bonchev–Trinajstić information content (AvgIpc) is 2.71. The predicted molar refractivity (Wildman–Crippen MR) is 106 cm³/mol. The number of benzene rings is 3. The molecule has 0 bridgehead atoms. The first-order valence-corrected chi connectivity index (χ1v) is 9.23. The fourth-order valence-corrected chi connectivity index (χ4v) is 4.14. The van der Waals surface area contributed by atoms with Gasteiger partial charge < -0.3 is 4.74 Å². The lowest BCUT2D eigenvalue weighted by Crippen LogP contribution is -2.49. The van der Waals surface area contributed by atoms with Gasteiger partial charge in [0.25, 0.3) is 0 Å². The zero-order valence-corrected chi connectivity index (χ0v) is 15.5. The molecule has 0 saturated heterocycles. The Morgan fingerprint density at radius 2 is 1.62 bits per heavy atom. The highest BCUT2D eigenvalue weighted by Crippen LogP contribution is 2.42. The van der Waals surface area contributed by atoms with Gasteiger partial charge in [0.05, 0.1) is 12.6 Å². The third-order valence-corrected chi connectivity index (χ3v) is 5.68. The van der Waals surface area contributed by atoms with Crippen LogP contribution in [0, 0.1) is 0 Å². The molecule has 3 aromatic rings. The summed E-state index contributed by atoms with van der Waals surface area (Å²) < 4.78 is 5.54. The average molecular weight is 343 g/mol. The lowest BCUT2D eigenvalue weighted by atomic mass is 9.76. The van der Waals surface area contributed by atoms with Gasteiger partial charge in [0, 0.05) is 13.1 Å². The molecule has 0 amide bonds. The van der Waals surface area contributed by atoms with Gasteiger partial charge in [0.15, 0.2) is 0 Å². The molecule has 1 heterocycles. The van der Waals surface area contributed by atoms with Crippen LogP contribution in [0.1, 0.15) is 29.2 Å². The maximum Gasteiger partial charge on any atom is 0.119 e. The van der Waals surface area contributed by atoms with Crippen LogP contribution < -0.4 is 4.74 Å². The van der Waals surface area contributed by atoms with Crippen molar-refractivity contribution in [3.63, 3.8) is 0 Å². The minimum atomic E-state index is -0.181. The van der Waals surface area contributed by atoms with Crippen LogP contribution in [-0.2, 0) is 18.5 Å². The Labute approximate surface area is 156 Å². The molecule has 0 aromatic heterocycles. The highest BCUT2D eigenvalue weighted by atomic mass is 16.5. The highest BCUT2D eigenvalue weighted by molar-refractivity contribution is 5.48. The van der Waals surface area contributed by atoms with Gasteiger partial charge in [-0.15, -0.1) is 0 Å². The normalized spacial score (nSPS) is 19.8. The van der Waals surface area contributed by atoms with E-state index in [2.05, 4.69) is 90.7 Å². The molecule has 1 atom stereocenters. The number of fused-ring (bicyclic) bond motifs is 1. The van der Waals surface area contributed by atoms with E-state index < -0.39 is 0 Å². The fourth-order valence-electron chi connectivity index (χ4n) is 4.14. The summed E-state index contributed by atoms with van der Waals surface area (Å²) in [6.07, 6.45) is 1.06. The minimum Gasteiger partial charge on any atom is -0.497 e. The Morgan fingerprint density at radius 3 is 2.31 bits per heavy atom. The SMILES string of the molecule is COc1ccc2c(c1)C(C)(c1ccccc1)N(Cc1ccccc1)CC2.